The number of benzene rings is 2. The zero-order valence-corrected chi connectivity index (χ0v) is 22.3. The van der Waals surface area contributed by atoms with E-state index >= 15 is 0 Å². The monoisotopic (exact) mass is 507 g/mol. The minimum absolute atomic E-state index is 0.106. The Balaban J connectivity index is 1.99. The van der Waals surface area contributed by atoms with E-state index in [1.165, 1.54) is 6.07 Å². The van der Waals surface area contributed by atoms with Gasteiger partial charge in [0.05, 0.1) is 19.3 Å². The van der Waals surface area contributed by atoms with Gasteiger partial charge in [0.15, 0.2) is 0 Å². The number of carbonyl (C=O) groups excluding carboxylic acids is 1. The lowest BCUT2D eigenvalue weighted by atomic mass is 10.1. The molecule has 190 valence electrons. The molecule has 8 nitrogen and oxygen atoms in total. The highest BCUT2D eigenvalue weighted by atomic mass is 28.4. The number of esters is 1. The number of rotatable bonds is 10. The predicted octanol–water partition coefficient (Wildman–Crippen LogP) is 5.05. The molecule has 1 N–H and O–H groups in total. The Bertz CT molecular complexity index is 1160. The number of nitrogens with zero attached hydrogens (tertiary/aromatic N) is 3. The van der Waals surface area contributed by atoms with Gasteiger partial charge in [0.25, 0.3) is 8.32 Å². The largest absolute Gasteiger partial charge is 0.465 e. The van der Waals surface area contributed by atoms with E-state index in [9.17, 15) is 15.4 Å². The number of hydrogen-bond donors (Lipinski definition) is 1. The first-order valence-electron chi connectivity index (χ1n) is 11.9. The third-order valence-corrected chi connectivity index (χ3v) is 11.2. The summed E-state index contributed by atoms with van der Waals surface area (Å²) in [5.74, 6) is -0.0451. The summed E-state index contributed by atoms with van der Waals surface area (Å²) in [5, 5.41) is 16.8. The molecule has 9 heteroatoms. The van der Waals surface area contributed by atoms with Crippen molar-refractivity contribution in [2.75, 3.05) is 13.2 Å². The SMILES string of the molecule is CCOC(=O)c1cc([C@H](N=[N+]=[N-])[C@@H](O)CO[Si](c2ccccc2)(c2ccccc2)C(C)(C)C)oc1C. The van der Waals surface area contributed by atoms with E-state index in [0.29, 0.717) is 5.76 Å². The van der Waals surface area contributed by atoms with Gasteiger partial charge in [0, 0.05) is 4.91 Å². The Labute approximate surface area is 212 Å². The Morgan fingerprint density at radius 1 is 1.11 bits per heavy atom. The minimum Gasteiger partial charge on any atom is -0.465 e. The molecule has 0 bridgehead atoms. The number of aliphatic hydroxyl groups excluding tert-OH is 1. The van der Waals surface area contributed by atoms with Crippen molar-refractivity contribution in [3.63, 3.8) is 0 Å². The average molecular weight is 508 g/mol. The highest BCUT2D eigenvalue weighted by Gasteiger charge is 2.50. The highest BCUT2D eigenvalue weighted by molar-refractivity contribution is 6.99. The van der Waals surface area contributed by atoms with Gasteiger partial charge in [-0.2, -0.15) is 0 Å². The van der Waals surface area contributed by atoms with E-state index in [4.69, 9.17) is 13.6 Å². The summed E-state index contributed by atoms with van der Waals surface area (Å²) >= 11 is 0. The summed E-state index contributed by atoms with van der Waals surface area (Å²) in [6.07, 6.45) is -1.22. The van der Waals surface area contributed by atoms with E-state index in [1.807, 2.05) is 36.4 Å². The molecule has 2 aromatic carbocycles. The van der Waals surface area contributed by atoms with E-state index < -0.39 is 26.4 Å². The Kier molecular flexibility index (Phi) is 8.76. The molecule has 0 unspecified atom stereocenters. The standard InChI is InChI=1S/C27H33N3O5Si/c1-6-33-26(32)22-17-24(35-19(22)2)25(29-30-28)23(31)18-34-36(27(3,4)5,20-13-9-7-10-14-20)21-15-11-8-12-16-21/h7-17,23,25,31H,6,18H2,1-5H3/t23-,25+/m0/s1. The molecule has 0 aliphatic rings. The molecule has 36 heavy (non-hydrogen) atoms. The van der Waals surface area contributed by atoms with Gasteiger partial charge >= 0.3 is 5.97 Å². The van der Waals surface area contributed by atoms with Crippen LogP contribution in [-0.2, 0) is 9.16 Å². The van der Waals surface area contributed by atoms with Gasteiger partial charge in [-0.25, -0.2) is 4.79 Å². The number of carbonyl (C=O) groups is 1. The second-order valence-corrected chi connectivity index (χ2v) is 13.8. The molecule has 0 radical (unpaired) electrons. The van der Waals surface area contributed by atoms with Crippen LogP contribution in [0.15, 0.2) is 76.3 Å². The van der Waals surface area contributed by atoms with Gasteiger partial charge < -0.3 is 18.7 Å². The molecule has 0 spiro atoms. The van der Waals surface area contributed by atoms with Crippen LogP contribution >= 0.6 is 0 Å². The fourth-order valence-electron chi connectivity index (χ4n) is 4.50. The Morgan fingerprint density at radius 2 is 1.67 bits per heavy atom. The molecule has 1 aromatic heterocycles. The summed E-state index contributed by atoms with van der Waals surface area (Å²) in [6.45, 7) is 9.85. The highest BCUT2D eigenvalue weighted by Crippen LogP contribution is 2.37. The van der Waals surface area contributed by atoms with Crippen molar-refractivity contribution < 1.29 is 23.5 Å². The maximum Gasteiger partial charge on any atom is 0.341 e. The predicted molar refractivity (Wildman–Crippen MR) is 141 cm³/mol. The van der Waals surface area contributed by atoms with Gasteiger partial charge in [-0.3, -0.25) is 0 Å². The van der Waals surface area contributed by atoms with Gasteiger partial charge in [-0.05, 0) is 40.9 Å². The Hall–Kier alpha value is -3.36. The number of furan rings is 1. The molecule has 2 atom stereocenters. The molecule has 0 saturated heterocycles. The van der Waals surface area contributed by atoms with Crippen molar-refractivity contribution in [1.29, 1.82) is 0 Å². The van der Waals surface area contributed by atoms with E-state index in [2.05, 4.69) is 55.1 Å². The fourth-order valence-corrected chi connectivity index (χ4v) is 9.08. The first kappa shape index (κ1) is 27.2. The third-order valence-electron chi connectivity index (χ3n) is 6.15. The molecule has 0 aliphatic heterocycles. The van der Waals surface area contributed by atoms with Gasteiger partial charge in [-0.1, -0.05) is 86.5 Å². The van der Waals surface area contributed by atoms with E-state index in [-0.39, 0.29) is 29.6 Å². The summed E-state index contributed by atoms with van der Waals surface area (Å²) in [6, 6.07) is 20.5. The number of aryl methyl sites for hydroxylation is 1. The lowest BCUT2D eigenvalue weighted by Gasteiger charge is -2.43. The summed E-state index contributed by atoms with van der Waals surface area (Å²) < 4.78 is 17.6. The van der Waals surface area contributed by atoms with Crippen molar-refractivity contribution in [3.05, 3.63) is 94.3 Å². The summed E-state index contributed by atoms with van der Waals surface area (Å²) in [5.41, 5.74) is 9.44. The third kappa shape index (κ3) is 5.55. The van der Waals surface area contributed by atoms with E-state index in [0.717, 1.165) is 10.4 Å². The lowest BCUT2D eigenvalue weighted by molar-refractivity contribution is 0.0524. The maximum atomic E-state index is 12.2. The van der Waals surface area contributed by atoms with Crippen molar-refractivity contribution >= 4 is 24.7 Å². The van der Waals surface area contributed by atoms with Crippen LogP contribution in [0.3, 0.4) is 0 Å². The van der Waals surface area contributed by atoms with E-state index in [1.54, 1.807) is 13.8 Å². The molecular formula is C27H33N3O5Si. The van der Waals surface area contributed by atoms with Crippen LogP contribution in [-0.4, -0.2) is 38.7 Å². The van der Waals surface area contributed by atoms with Crippen LogP contribution in [0.25, 0.3) is 10.4 Å². The molecule has 0 aliphatic carbocycles. The fraction of sp³-hybridized carbons (Fsp3) is 0.370. The maximum absolute atomic E-state index is 12.2. The Morgan fingerprint density at radius 3 is 2.14 bits per heavy atom. The zero-order valence-electron chi connectivity index (χ0n) is 21.3. The van der Waals surface area contributed by atoms with Crippen molar-refractivity contribution in [3.8, 4) is 0 Å². The summed E-state index contributed by atoms with van der Waals surface area (Å²) in [4.78, 5) is 15.2. The van der Waals surface area contributed by atoms with Crippen molar-refractivity contribution in [2.45, 2.75) is 51.8 Å². The molecule has 3 aromatic rings. The molecule has 0 amide bonds. The topological polar surface area (TPSA) is 118 Å². The molecule has 0 fully saturated rings. The van der Waals surface area contributed by atoms with Gasteiger partial charge in [0.1, 0.15) is 23.1 Å². The molecular weight excluding hydrogens is 474 g/mol. The van der Waals surface area contributed by atoms with Crippen LogP contribution in [0.4, 0.5) is 0 Å². The number of hydrogen-bond acceptors (Lipinski definition) is 6. The molecule has 1 heterocycles. The number of ether oxygens (including phenoxy) is 1. The number of aliphatic hydroxyl groups is 1. The average Bonchev–Trinajstić information content (AvgIpc) is 3.24. The normalized spacial score (nSPS) is 13.5. The summed E-state index contributed by atoms with van der Waals surface area (Å²) in [7, 11) is -2.92. The van der Waals surface area contributed by atoms with Crippen LogP contribution in [0.2, 0.25) is 5.04 Å². The molecule has 3 rings (SSSR count). The quantitative estimate of drug-likeness (QED) is 0.135. The molecule has 0 saturated carbocycles. The van der Waals surface area contributed by atoms with Gasteiger partial charge in [-0.15, -0.1) is 0 Å². The van der Waals surface area contributed by atoms with Crippen LogP contribution < -0.4 is 10.4 Å². The van der Waals surface area contributed by atoms with Crippen molar-refractivity contribution in [2.24, 2.45) is 5.11 Å². The first-order valence-corrected chi connectivity index (χ1v) is 13.8. The van der Waals surface area contributed by atoms with Gasteiger partial charge in [0.2, 0.25) is 0 Å². The second-order valence-electron chi connectivity index (χ2n) is 9.53. The minimum atomic E-state index is -2.92. The number of azide groups is 1. The first-order chi connectivity index (χ1) is 17.2. The second kappa shape index (κ2) is 11.6. The smallest absolute Gasteiger partial charge is 0.341 e. The van der Waals surface area contributed by atoms with Crippen LogP contribution in [0, 0.1) is 6.92 Å². The van der Waals surface area contributed by atoms with Crippen molar-refractivity contribution in [1.82, 2.24) is 0 Å². The zero-order chi connectivity index (χ0) is 26.3. The lowest BCUT2D eigenvalue weighted by Crippen LogP contribution is -2.67. The van der Waals surface area contributed by atoms with Crippen LogP contribution in [0.1, 0.15) is 55.6 Å². The van der Waals surface area contributed by atoms with Crippen LogP contribution in [0.5, 0.6) is 0 Å².